The molecule has 2 aromatic heterocycles. The standard InChI is InChI=1S/C18H22N4O4S2/c1-3-4-7-22-16-6-5-14(28(19,24)25)9-15(16)21-17(22)10-26-18(23)8-13-11-27-12(2)20-13/h5-6,9,11H,3-4,7-8,10H2,1-2H3,(H2,19,24,25). The van der Waals surface area contributed by atoms with Gasteiger partial charge in [-0.3, -0.25) is 4.79 Å². The van der Waals surface area contributed by atoms with Gasteiger partial charge in [-0.05, 0) is 31.5 Å². The van der Waals surface area contributed by atoms with Crippen molar-refractivity contribution in [3.63, 3.8) is 0 Å². The van der Waals surface area contributed by atoms with E-state index in [4.69, 9.17) is 9.88 Å². The maximum absolute atomic E-state index is 12.1. The second kappa shape index (κ2) is 8.38. The van der Waals surface area contributed by atoms with E-state index in [9.17, 15) is 13.2 Å². The Bertz CT molecular complexity index is 1100. The molecule has 0 aliphatic rings. The lowest BCUT2D eigenvalue weighted by Crippen LogP contribution is -2.12. The van der Waals surface area contributed by atoms with Crippen LogP contribution in [0.1, 0.15) is 36.3 Å². The fourth-order valence-corrected chi connectivity index (χ4v) is 3.99. The highest BCUT2D eigenvalue weighted by Gasteiger charge is 2.16. The highest BCUT2D eigenvalue weighted by Crippen LogP contribution is 2.21. The van der Waals surface area contributed by atoms with Crippen LogP contribution in [-0.2, 0) is 39.1 Å². The number of sulfonamides is 1. The topological polar surface area (TPSA) is 117 Å². The Morgan fingerprint density at radius 3 is 2.75 bits per heavy atom. The van der Waals surface area contributed by atoms with Gasteiger partial charge in [0.2, 0.25) is 10.0 Å². The number of hydrogen-bond donors (Lipinski definition) is 1. The van der Waals surface area contributed by atoms with Crippen LogP contribution in [0.2, 0.25) is 0 Å². The van der Waals surface area contributed by atoms with Crippen molar-refractivity contribution in [2.75, 3.05) is 0 Å². The zero-order valence-electron chi connectivity index (χ0n) is 15.7. The largest absolute Gasteiger partial charge is 0.457 e. The molecular formula is C18H22N4O4S2. The number of hydrogen-bond acceptors (Lipinski definition) is 7. The predicted molar refractivity (Wildman–Crippen MR) is 106 cm³/mol. The highest BCUT2D eigenvalue weighted by atomic mass is 32.2. The molecule has 8 nitrogen and oxygen atoms in total. The van der Waals surface area contributed by atoms with Crippen LogP contribution in [0.15, 0.2) is 28.5 Å². The van der Waals surface area contributed by atoms with Crippen molar-refractivity contribution < 1.29 is 17.9 Å². The third kappa shape index (κ3) is 4.75. The summed E-state index contributed by atoms with van der Waals surface area (Å²) in [7, 11) is -3.81. The lowest BCUT2D eigenvalue weighted by atomic mass is 10.3. The zero-order chi connectivity index (χ0) is 20.3. The molecule has 0 aliphatic heterocycles. The molecule has 0 unspecified atom stereocenters. The van der Waals surface area contributed by atoms with Gasteiger partial charge in [0.05, 0.1) is 33.1 Å². The van der Waals surface area contributed by atoms with Crippen LogP contribution in [0.4, 0.5) is 0 Å². The second-order valence-electron chi connectivity index (χ2n) is 6.42. The molecule has 3 rings (SSSR count). The number of aryl methyl sites for hydroxylation is 2. The molecule has 2 N–H and O–H groups in total. The summed E-state index contributed by atoms with van der Waals surface area (Å²) in [4.78, 5) is 20.9. The van der Waals surface area contributed by atoms with Crippen molar-refractivity contribution in [3.05, 3.63) is 40.1 Å². The molecule has 0 saturated carbocycles. The first-order valence-electron chi connectivity index (χ1n) is 8.86. The lowest BCUT2D eigenvalue weighted by Gasteiger charge is -2.09. The molecule has 0 amide bonds. The van der Waals surface area contributed by atoms with E-state index in [0.29, 0.717) is 23.6 Å². The van der Waals surface area contributed by atoms with E-state index >= 15 is 0 Å². The van der Waals surface area contributed by atoms with Crippen molar-refractivity contribution >= 4 is 38.4 Å². The van der Waals surface area contributed by atoms with Crippen LogP contribution in [0.25, 0.3) is 11.0 Å². The number of nitrogens with two attached hydrogens (primary N) is 1. The van der Waals surface area contributed by atoms with Crippen LogP contribution in [0.5, 0.6) is 0 Å². The minimum absolute atomic E-state index is 0.00240. The van der Waals surface area contributed by atoms with Gasteiger partial charge in [0.25, 0.3) is 0 Å². The smallest absolute Gasteiger partial charge is 0.312 e. The van der Waals surface area contributed by atoms with Crippen LogP contribution in [-0.4, -0.2) is 28.9 Å². The Hall–Kier alpha value is -2.30. The van der Waals surface area contributed by atoms with Gasteiger partial charge in [-0.25, -0.2) is 23.5 Å². The van der Waals surface area contributed by atoms with Gasteiger partial charge in [-0.2, -0.15) is 0 Å². The number of carbonyl (C=O) groups excluding carboxylic acids is 1. The van der Waals surface area contributed by atoms with Crippen molar-refractivity contribution in [1.29, 1.82) is 0 Å². The van der Waals surface area contributed by atoms with Gasteiger partial charge < -0.3 is 9.30 Å². The Morgan fingerprint density at radius 1 is 1.32 bits per heavy atom. The molecule has 0 saturated heterocycles. The van der Waals surface area contributed by atoms with Crippen molar-refractivity contribution in [2.45, 2.75) is 51.2 Å². The number of thiazole rings is 1. The number of imidazole rings is 1. The number of rotatable bonds is 8. The van der Waals surface area contributed by atoms with E-state index in [1.165, 1.54) is 23.5 Å². The maximum Gasteiger partial charge on any atom is 0.312 e. The molecule has 0 fully saturated rings. The number of unbranched alkanes of at least 4 members (excludes halogenated alkanes) is 1. The summed E-state index contributed by atoms with van der Waals surface area (Å²) in [5, 5.41) is 7.94. The molecule has 0 bridgehead atoms. The summed E-state index contributed by atoms with van der Waals surface area (Å²) in [6, 6.07) is 4.58. The molecule has 2 heterocycles. The third-order valence-electron chi connectivity index (χ3n) is 4.22. The zero-order valence-corrected chi connectivity index (χ0v) is 17.3. The van der Waals surface area contributed by atoms with Crippen molar-refractivity contribution in [3.8, 4) is 0 Å². The normalized spacial score (nSPS) is 11.8. The van der Waals surface area contributed by atoms with Gasteiger partial charge in [-0.15, -0.1) is 11.3 Å². The van der Waals surface area contributed by atoms with Crippen molar-refractivity contribution in [1.82, 2.24) is 14.5 Å². The molecule has 1 aromatic carbocycles. The number of carbonyl (C=O) groups is 1. The summed E-state index contributed by atoms with van der Waals surface area (Å²) < 4.78 is 30.5. The fraction of sp³-hybridized carbons (Fsp3) is 0.389. The summed E-state index contributed by atoms with van der Waals surface area (Å²) >= 11 is 1.48. The number of benzene rings is 1. The minimum Gasteiger partial charge on any atom is -0.457 e. The highest BCUT2D eigenvalue weighted by molar-refractivity contribution is 7.89. The molecule has 28 heavy (non-hydrogen) atoms. The summed E-state index contributed by atoms with van der Waals surface area (Å²) in [6.07, 6.45) is 2.01. The summed E-state index contributed by atoms with van der Waals surface area (Å²) in [6.45, 7) is 4.66. The second-order valence-corrected chi connectivity index (χ2v) is 9.05. The maximum atomic E-state index is 12.1. The number of aromatic nitrogens is 3. The summed E-state index contributed by atoms with van der Waals surface area (Å²) in [5.41, 5.74) is 1.97. The lowest BCUT2D eigenvalue weighted by molar-refractivity contribution is -0.144. The van der Waals surface area contributed by atoms with Gasteiger partial charge in [-0.1, -0.05) is 13.3 Å². The predicted octanol–water partition coefficient (Wildman–Crippen LogP) is 2.53. The van der Waals surface area contributed by atoms with Crippen LogP contribution >= 0.6 is 11.3 Å². The minimum atomic E-state index is -3.81. The van der Waals surface area contributed by atoms with Crippen LogP contribution in [0.3, 0.4) is 0 Å². The van der Waals surface area contributed by atoms with E-state index < -0.39 is 10.0 Å². The van der Waals surface area contributed by atoms with Gasteiger partial charge in [0.1, 0.15) is 12.4 Å². The van der Waals surface area contributed by atoms with E-state index in [1.807, 2.05) is 16.9 Å². The molecule has 0 atom stereocenters. The van der Waals surface area contributed by atoms with Gasteiger partial charge in [0.15, 0.2) is 0 Å². The van der Waals surface area contributed by atoms with E-state index in [0.717, 1.165) is 23.4 Å². The molecular weight excluding hydrogens is 400 g/mol. The molecule has 0 aliphatic carbocycles. The van der Waals surface area contributed by atoms with Crippen LogP contribution in [0, 0.1) is 6.92 Å². The molecule has 10 heteroatoms. The molecule has 150 valence electrons. The Kier molecular flexibility index (Phi) is 6.11. The SMILES string of the molecule is CCCCn1c(COC(=O)Cc2csc(C)n2)nc2cc(S(N)(=O)=O)ccc21. The number of nitrogens with zero attached hydrogens (tertiary/aromatic N) is 3. The number of primary sulfonamides is 1. The first-order valence-corrected chi connectivity index (χ1v) is 11.3. The van der Waals surface area contributed by atoms with E-state index in [2.05, 4.69) is 16.9 Å². The Balaban J connectivity index is 1.82. The quantitative estimate of drug-likeness (QED) is 0.558. The Labute approximate surface area is 167 Å². The first kappa shape index (κ1) is 20.4. The third-order valence-corrected chi connectivity index (χ3v) is 5.95. The van der Waals surface area contributed by atoms with Crippen LogP contribution < -0.4 is 5.14 Å². The number of ether oxygens (including phenoxy) is 1. The first-order chi connectivity index (χ1) is 13.3. The Morgan fingerprint density at radius 2 is 2.11 bits per heavy atom. The number of esters is 1. The van der Waals surface area contributed by atoms with E-state index in [1.54, 1.807) is 6.07 Å². The molecule has 0 spiro atoms. The average Bonchev–Trinajstić information content (AvgIpc) is 3.19. The number of fused-ring (bicyclic) bond motifs is 1. The van der Waals surface area contributed by atoms with E-state index in [-0.39, 0.29) is 23.9 Å². The van der Waals surface area contributed by atoms with Crippen molar-refractivity contribution in [2.24, 2.45) is 5.14 Å². The van der Waals surface area contributed by atoms with Gasteiger partial charge >= 0.3 is 5.97 Å². The monoisotopic (exact) mass is 422 g/mol. The fourth-order valence-electron chi connectivity index (χ4n) is 2.85. The summed E-state index contributed by atoms with van der Waals surface area (Å²) in [5.74, 6) is 0.183. The van der Waals surface area contributed by atoms with Gasteiger partial charge in [0, 0.05) is 11.9 Å². The molecule has 3 aromatic rings. The average molecular weight is 423 g/mol. The molecule has 0 radical (unpaired) electrons.